The number of carbonyl (C=O) groups is 2. The van der Waals surface area contributed by atoms with Crippen LogP contribution in [-0.2, 0) is 4.79 Å². The lowest BCUT2D eigenvalue weighted by Crippen LogP contribution is -2.19. The highest BCUT2D eigenvalue weighted by Gasteiger charge is 2.23. The summed E-state index contributed by atoms with van der Waals surface area (Å²) in [6.45, 7) is 0. The van der Waals surface area contributed by atoms with Crippen molar-refractivity contribution in [2.75, 3.05) is 12.8 Å². The van der Waals surface area contributed by atoms with E-state index in [1.807, 2.05) is 0 Å². The van der Waals surface area contributed by atoms with Crippen LogP contribution in [0.2, 0.25) is 0 Å². The number of hydrogen-bond donors (Lipinski definition) is 0. The summed E-state index contributed by atoms with van der Waals surface area (Å²) >= 11 is 1.36. The second kappa shape index (κ2) is 3.94. The van der Waals surface area contributed by atoms with Gasteiger partial charge in [-0.15, -0.1) is 0 Å². The van der Waals surface area contributed by atoms with Crippen molar-refractivity contribution in [2.24, 2.45) is 0 Å². The van der Waals surface area contributed by atoms with E-state index < -0.39 is 0 Å². The lowest BCUT2D eigenvalue weighted by molar-refractivity contribution is -0.124. The van der Waals surface area contributed by atoms with Gasteiger partial charge in [0, 0.05) is 13.1 Å². The molecule has 78 valence electrons. The number of hydrogen-bond acceptors (Lipinski definition) is 4. The molecule has 4 nitrogen and oxygen atoms in total. The number of thioether (sulfide) groups is 1. The van der Waals surface area contributed by atoms with Crippen LogP contribution >= 0.6 is 11.8 Å². The first-order chi connectivity index (χ1) is 7.18. The molecule has 2 heterocycles. The zero-order valence-corrected chi connectivity index (χ0v) is 8.91. The van der Waals surface area contributed by atoms with Crippen molar-refractivity contribution in [1.82, 2.24) is 4.90 Å². The zero-order chi connectivity index (χ0) is 10.8. The van der Waals surface area contributed by atoms with Crippen LogP contribution in [0.1, 0.15) is 10.6 Å². The van der Waals surface area contributed by atoms with Crippen molar-refractivity contribution < 1.29 is 14.0 Å². The number of carbonyl (C=O) groups excluding carboxylic acids is 2. The molecule has 1 aromatic heterocycles. The van der Waals surface area contributed by atoms with Crippen LogP contribution < -0.4 is 0 Å². The average Bonchev–Trinajstić information content (AvgIpc) is 2.83. The fourth-order valence-electron chi connectivity index (χ4n) is 1.19. The summed E-state index contributed by atoms with van der Waals surface area (Å²) in [7, 11) is 1.66. The molecule has 0 saturated carbocycles. The van der Waals surface area contributed by atoms with Crippen molar-refractivity contribution in [3.8, 4) is 0 Å². The zero-order valence-electron chi connectivity index (χ0n) is 8.10. The molecule has 1 aromatic rings. The monoisotopic (exact) mass is 223 g/mol. The Kier molecular flexibility index (Phi) is 2.64. The Labute approximate surface area is 90.9 Å². The highest BCUT2D eigenvalue weighted by atomic mass is 32.2. The van der Waals surface area contributed by atoms with Gasteiger partial charge < -0.3 is 9.32 Å². The van der Waals surface area contributed by atoms with Crippen LogP contribution in [0.4, 0.5) is 0 Å². The van der Waals surface area contributed by atoms with E-state index in [1.54, 1.807) is 19.2 Å². The van der Waals surface area contributed by atoms with Crippen LogP contribution in [0.5, 0.6) is 0 Å². The van der Waals surface area contributed by atoms with Gasteiger partial charge in [-0.2, -0.15) is 0 Å². The molecule has 0 radical (unpaired) electrons. The van der Waals surface area contributed by atoms with Gasteiger partial charge in [0.2, 0.25) is 11.7 Å². The van der Waals surface area contributed by atoms with Gasteiger partial charge in [-0.05, 0) is 12.1 Å². The molecule has 0 aliphatic carbocycles. The fraction of sp³-hybridized carbons (Fsp3) is 0.200. The van der Waals surface area contributed by atoms with Gasteiger partial charge in [0.1, 0.15) is 0 Å². The van der Waals surface area contributed by atoms with Crippen molar-refractivity contribution in [1.29, 1.82) is 0 Å². The number of furan rings is 1. The summed E-state index contributed by atoms with van der Waals surface area (Å²) in [5.41, 5.74) is 0. The van der Waals surface area contributed by atoms with E-state index >= 15 is 0 Å². The summed E-state index contributed by atoms with van der Waals surface area (Å²) in [6.07, 6.45) is 2.87. The van der Waals surface area contributed by atoms with Crippen LogP contribution in [0.25, 0.3) is 0 Å². The molecule has 0 N–H and O–H groups in total. The molecule has 15 heavy (non-hydrogen) atoms. The first-order valence-electron chi connectivity index (χ1n) is 4.37. The van der Waals surface area contributed by atoms with Gasteiger partial charge >= 0.3 is 0 Å². The second-order valence-electron chi connectivity index (χ2n) is 3.07. The van der Waals surface area contributed by atoms with E-state index in [-0.39, 0.29) is 17.5 Å². The Morgan fingerprint density at radius 1 is 1.67 bits per heavy atom. The van der Waals surface area contributed by atoms with Gasteiger partial charge in [0.15, 0.2) is 5.76 Å². The Morgan fingerprint density at radius 2 is 2.47 bits per heavy atom. The molecule has 0 atom stereocenters. The Balaban J connectivity index is 2.18. The Hall–Kier alpha value is -1.49. The number of rotatable bonds is 2. The SMILES string of the molecule is CN1C(=O)CSC1=CC(=O)c1ccco1. The number of nitrogens with zero attached hydrogens (tertiary/aromatic N) is 1. The van der Waals surface area contributed by atoms with E-state index in [4.69, 9.17) is 4.42 Å². The van der Waals surface area contributed by atoms with Gasteiger partial charge in [0.05, 0.1) is 17.0 Å². The molecule has 5 heteroatoms. The van der Waals surface area contributed by atoms with Gasteiger partial charge in [-0.25, -0.2) is 0 Å². The van der Waals surface area contributed by atoms with Crippen molar-refractivity contribution in [3.05, 3.63) is 35.3 Å². The minimum absolute atomic E-state index is 0.0125. The Morgan fingerprint density at radius 3 is 3.00 bits per heavy atom. The molecule has 0 spiro atoms. The molecule has 1 saturated heterocycles. The van der Waals surface area contributed by atoms with E-state index in [1.165, 1.54) is 29.0 Å². The third-order valence-corrected chi connectivity index (χ3v) is 3.15. The summed E-state index contributed by atoms with van der Waals surface area (Å²) in [5, 5.41) is 0.668. The maximum Gasteiger partial charge on any atom is 0.237 e. The quantitative estimate of drug-likeness (QED) is 0.563. The van der Waals surface area contributed by atoms with E-state index in [2.05, 4.69) is 0 Å². The van der Waals surface area contributed by atoms with Gasteiger partial charge in [0.25, 0.3) is 0 Å². The smallest absolute Gasteiger partial charge is 0.237 e. The third-order valence-electron chi connectivity index (χ3n) is 2.07. The minimum atomic E-state index is -0.218. The standard InChI is InChI=1S/C10H9NO3S/c1-11-9(13)6-15-10(11)5-7(12)8-3-2-4-14-8/h2-5H,6H2,1H3. The maximum absolute atomic E-state index is 11.6. The highest BCUT2D eigenvalue weighted by Crippen LogP contribution is 2.27. The van der Waals surface area contributed by atoms with Crippen LogP contribution in [-0.4, -0.2) is 29.4 Å². The predicted molar refractivity (Wildman–Crippen MR) is 56.3 cm³/mol. The minimum Gasteiger partial charge on any atom is -0.461 e. The second-order valence-corrected chi connectivity index (χ2v) is 4.06. The maximum atomic E-state index is 11.6. The predicted octanol–water partition coefficient (Wildman–Crippen LogP) is 1.51. The van der Waals surface area contributed by atoms with Gasteiger partial charge in [-0.1, -0.05) is 11.8 Å². The summed E-state index contributed by atoms with van der Waals surface area (Å²) in [4.78, 5) is 24.3. The van der Waals surface area contributed by atoms with Crippen molar-refractivity contribution in [2.45, 2.75) is 0 Å². The van der Waals surface area contributed by atoms with E-state index in [9.17, 15) is 9.59 Å². The molecule has 1 amide bonds. The highest BCUT2D eigenvalue weighted by molar-refractivity contribution is 8.04. The number of allylic oxidation sites excluding steroid dienone is 1. The first kappa shape index (κ1) is 10.0. The third kappa shape index (κ3) is 1.97. The molecule has 1 fully saturated rings. The van der Waals surface area contributed by atoms with Gasteiger partial charge in [-0.3, -0.25) is 9.59 Å². The van der Waals surface area contributed by atoms with Crippen LogP contribution in [0.15, 0.2) is 33.9 Å². The molecule has 1 aliphatic heterocycles. The molecular formula is C10H9NO3S. The topological polar surface area (TPSA) is 50.5 Å². The lowest BCUT2D eigenvalue weighted by Gasteiger charge is -2.07. The Bertz CT molecular complexity index is 422. The molecule has 1 aliphatic rings. The molecule has 2 rings (SSSR count). The lowest BCUT2D eigenvalue weighted by atomic mass is 10.3. The fourth-order valence-corrected chi connectivity index (χ4v) is 2.14. The van der Waals surface area contributed by atoms with E-state index in [0.29, 0.717) is 10.8 Å². The average molecular weight is 223 g/mol. The first-order valence-corrected chi connectivity index (χ1v) is 5.36. The summed E-state index contributed by atoms with van der Waals surface area (Å²) < 4.78 is 4.96. The summed E-state index contributed by atoms with van der Waals surface area (Å²) in [6, 6.07) is 3.25. The number of amides is 1. The molecular weight excluding hydrogens is 214 g/mol. The normalized spacial score (nSPS) is 18.9. The van der Waals surface area contributed by atoms with Crippen molar-refractivity contribution >= 4 is 23.5 Å². The number of ketones is 1. The molecule has 0 unspecified atom stereocenters. The van der Waals surface area contributed by atoms with Crippen molar-refractivity contribution in [3.63, 3.8) is 0 Å². The van der Waals surface area contributed by atoms with E-state index in [0.717, 1.165) is 0 Å². The van der Waals surface area contributed by atoms with Crippen LogP contribution in [0.3, 0.4) is 0 Å². The molecule has 0 bridgehead atoms. The summed E-state index contributed by atoms with van der Waals surface area (Å²) in [5.74, 6) is 0.478. The van der Waals surface area contributed by atoms with Crippen LogP contribution in [0, 0.1) is 0 Å². The molecule has 0 aromatic carbocycles. The largest absolute Gasteiger partial charge is 0.461 e.